The Morgan fingerprint density at radius 3 is 2.48 bits per heavy atom. The highest BCUT2D eigenvalue weighted by molar-refractivity contribution is 6.05. The number of anilines is 1. The fourth-order valence-electron chi connectivity index (χ4n) is 5.47. The molecule has 40 heavy (non-hydrogen) atoms. The fourth-order valence-corrected chi connectivity index (χ4v) is 5.47. The highest BCUT2D eigenvalue weighted by Crippen LogP contribution is 2.41. The molecule has 8 nitrogen and oxygen atoms in total. The number of non-ortho nitro benzene ring substituents is 1. The first-order valence-electron chi connectivity index (χ1n) is 13.3. The molecule has 0 radical (unpaired) electrons. The molecule has 0 unspecified atom stereocenters. The van der Waals surface area contributed by atoms with E-state index in [1.165, 1.54) is 18.2 Å². The maximum atomic E-state index is 13.0. The van der Waals surface area contributed by atoms with Crippen LogP contribution in [0.5, 0.6) is 5.75 Å². The second kappa shape index (κ2) is 10.4. The molecule has 0 N–H and O–H groups in total. The number of allylic oxidation sites excluding steroid dienone is 1. The van der Waals surface area contributed by atoms with E-state index in [1.54, 1.807) is 6.08 Å². The Bertz CT molecular complexity index is 1750. The van der Waals surface area contributed by atoms with E-state index < -0.39 is 16.0 Å². The molecule has 2 heterocycles. The second-order valence-electron chi connectivity index (χ2n) is 10.4. The van der Waals surface area contributed by atoms with Gasteiger partial charge in [-0.3, -0.25) is 10.1 Å². The van der Waals surface area contributed by atoms with Crippen molar-refractivity contribution in [3.63, 3.8) is 0 Å². The van der Waals surface area contributed by atoms with Crippen molar-refractivity contribution in [2.45, 2.75) is 39.7 Å². The van der Waals surface area contributed by atoms with Crippen LogP contribution in [0.4, 0.5) is 17.1 Å². The van der Waals surface area contributed by atoms with Crippen molar-refractivity contribution < 1.29 is 19.0 Å². The summed E-state index contributed by atoms with van der Waals surface area (Å²) >= 11 is 0. The van der Waals surface area contributed by atoms with Crippen LogP contribution in [-0.2, 0) is 12.0 Å². The van der Waals surface area contributed by atoms with E-state index in [1.807, 2.05) is 59.2 Å². The molecule has 0 bridgehead atoms. The monoisotopic (exact) mass is 537 g/mol. The van der Waals surface area contributed by atoms with Crippen molar-refractivity contribution >= 4 is 39.8 Å². The third kappa shape index (κ3) is 4.77. The van der Waals surface area contributed by atoms with Gasteiger partial charge in [0.25, 0.3) is 5.69 Å². The minimum atomic E-state index is -0.501. The Labute approximate surface area is 232 Å². The number of nitrogens with zero attached hydrogens (tertiary/aromatic N) is 3. The summed E-state index contributed by atoms with van der Waals surface area (Å²) in [5.74, 6) is -0.268. The molecule has 1 aromatic heterocycles. The molecule has 5 rings (SSSR count). The predicted molar refractivity (Wildman–Crippen MR) is 156 cm³/mol. The third-order valence-corrected chi connectivity index (χ3v) is 7.68. The van der Waals surface area contributed by atoms with Crippen molar-refractivity contribution in [3.05, 3.63) is 110 Å². The van der Waals surface area contributed by atoms with E-state index in [4.69, 9.17) is 4.42 Å². The first kappa shape index (κ1) is 26.9. The normalized spacial score (nSPS) is 14.2. The van der Waals surface area contributed by atoms with Gasteiger partial charge in [-0.2, -0.15) is 4.58 Å². The van der Waals surface area contributed by atoms with Crippen LogP contribution in [0.15, 0.2) is 82.0 Å². The summed E-state index contributed by atoms with van der Waals surface area (Å²) in [6, 6.07) is 19.4. The zero-order valence-electron chi connectivity index (χ0n) is 23.0. The highest BCUT2D eigenvalue weighted by Gasteiger charge is 2.44. The first-order chi connectivity index (χ1) is 19.1. The number of nitro groups is 1. The van der Waals surface area contributed by atoms with Gasteiger partial charge in [-0.1, -0.05) is 30.0 Å². The summed E-state index contributed by atoms with van der Waals surface area (Å²) in [6.07, 6.45) is 3.62. The Kier molecular flexibility index (Phi) is 7.02. The van der Waals surface area contributed by atoms with Crippen LogP contribution in [0, 0.1) is 10.1 Å². The average molecular weight is 538 g/mol. The molecular formula is C32H31N3O5. The number of nitro benzene ring substituents is 1. The zero-order valence-corrected chi connectivity index (χ0v) is 23.0. The maximum Gasteiger partial charge on any atom is 0.343 e. The topological polar surface area (TPSA) is 103 Å². The molecule has 4 aromatic rings. The lowest BCUT2D eigenvalue weighted by molar-refractivity contribution is -0.456. The van der Waals surface area contributed by atoms with Crippen LogP contribution in [0.3, 0.4) is 0 Å². The minimum Gasteiger partial charge on any atom is -0.872 e. The Morgan fingerprint density at radius 1 is 1.00 bits per heavy atom. The molecule has 0 fully saturated rings. The zero-order chi connectivity index (χ0) is 28.6. The van der Waals surface area contributed by atoms with E-state index >= 15 is 0 Å². The van der Waals surface area contributed by atoms with Crippen molar-refractivity contribution in [1.29, 1.82) is 0 Å². The second-order valence-corrected chi connectivity index (χ2v) is 10.4. The molecular weight excluding hydrogens is 506 g/mol. The van der Waals surface area contributed by atoms with E-state index in [0.29, 0.717) is 16.7 Å². The number of hydrogen-bond acceptors (Lipinski definition) is 6. The van der Waals surface area contributed by atoms with E-state index in [9.17, 15) is 20.0 Å². The standard InChI is InChI=1S/C32H31N3O5/c1-5-33(6-2)24-13-11-21-17-22(31(37)40-29(21)19-24)12-16-30-32(3,4)26-9-7-8-10-27(26)34(30)20-23-18-25(35(38)39)14-15-28(23)36/h7-19H,5-6,20H2,1-4H3. The van der Waals surface area contributed by atoms with Crippen LogP contribution in [0.1, 0.15) is 44.4 Å². The summed E-state index contributed by atoms with van der Waals surface area (Å²) in [5.41, 5.74) is 4.06. The van der Waals surface area contributed by atoms with Crippen LogP contribution >= 0.6 is 0 Å². The van der Waals surface area contributed by atoms with Crippen LogP contribution in [0.25, 0.3) is 17.0 Å². The fraction of sp³-hybridized carbons (Fsp3) is 0.250. The van der Waals surface area contributed by atoms with Crippen molar-refractivity contribution in [1.82, 2.24) is 0 Å². The molecule has 0 amide bonds. The molecule has 1 aliphatic heterocycles. The molecule has 0 saturated heterocycles. The van der Waals surface area contributed by atoms with Crippen LogP contribution in [-0.4, -0.2) is 28.3 Å². The molecule has 0 aliphatic carbocycles. The molecule has 3 aromatic carbocycles. The lowest BCUT2D eigenvalue weighted by Gasteiger charge is -2.20. The van der Waals surface area contributed by atoms with Crippen LogP contribution < -0.4 is 15.6 Å². The number of rotatable bonds is 8. The van der Waals surface area contributed by atoms with Gasteiger partial charge in [-0.15, -0.1) is 0 Å². The smallest absolute Gasteiger partial charge is 0.343 e. The van der Waals surface area contributed by atoms with Gasteiger partial charge in [-0.05, 0) is 52.0 Å². The SMILES string of the molecule is CCN(CC)c1ccc2cc(/C=C/C3=[N+](Cc4cc([N+](=O)[O-])ccc4[O-])c4ccccc4C3(C)C)c(=O)oc2c1. The van der Waals surface area contributed by atoms with Crippen LogP contribution in [0.2, 0.25) is 0 Å². The summed E-state index contributed by atoms with van der Waals surface area (Å²) in [7, 11) is 0. The lowest BCUT2D eigenvalue weighted by Crippen LogP contribution is -2.27. The van der Waals surface area contributed by atoms with Gasteiger partial charge in [0.15, 0.2) is 12.3 Å². The first-order valence-corrected chi connectivity index (χ1v) is 13.3. The molecule has 0 saturated carbocycles. The van der Waals surface area contributed by atoms with Crippen molar-refractivity contribution in [3.8, 4) is 5.75 Å². The average Bonchev–Trinajstić information content (AvgIpc) is 3.14. The number of benzene rings is 3. The Balaban J connectivity index is 1.59. The van der Waals surface area contributed by atoms with Gasteiger partial charge >= 0.3 is 5.63 Å². The van der Waals surface area contributed by atoms with E-state index in [0.717, 1.165) is 41.1 Å². The van der Waals surface area contributed by atoms with Crippen molar-refractivity contribution in [2.75, 3.05) is 18.0 Å². The quantitative estimate of drug-likeness (QED) is 0.120. The number of para-hydroxylation sites is 1. The van der Waals surface area contributed by atoms with Crippen molar-refractivity contribution in [2.24, 2.45) is 0 Å². The van der Waals surface area contributed by atoms with Gasteiger partial charge in [0, 0.05) is 65.6 Å². The molecule has 8 heteroatoms. The predicted octanol–water partition coefficient (Wildman–Crippen LogP) is 5.91. The molecule has 0 spiro atoms. The van der Waals surface area contributed by atoms with Gasteiger partial charge in [-0.25, -0.2) is 4.79 Å². The Morgan fingerprint density at radius 2 is 1.75 bits per heavy atom. The van der Waals surface area contributed by atoms with Gasteiger partial charge in [0.2, 0.25) is 5.69 Å². The third-order valence-electron chi connectivity index (χ3n) is 7.68. The van der Waals surface area contributed by atoms with Gasteiger partial charge < -0.3 is 14.4 Å². The summed E-state index contributed by atoms with van der Waals surface area (Å²) in [6.45, 7) is 10.2. The maximum absolute atomic E-state index is 13.0. The number of hydrogen-bond donors (Lipinski definition) is 0. The molecule has 204 valence electrons. The van der Waals surface area contributed by atoms with E-state index in [2.05, 4.69) is 32.6 Å². The van der Waals surface area contributed by atoms with Gasteiger partial charge in [0.1, 0.15) is 5.58 Å². The summed E-state index contributed by atoms with van der Waals surface area (Å²) in [5, 5.41) is 24.9. The summed E-state index contributed by atoms with van der Waals surface area (Å²) < 4.78 is 7.71. The summed E-state index contributed by atoms with van der Waals surface area (Å²) in [4.78, 5) is 26.1. The largest absolute Gasteiger partial charge is 0.872 e. The van der Waals surface area contributed by atoms with E-state index in [-0.39, 0.29) is 18.0 Å². The minimum absolute atomic E-state index is 0.128. The Hall–Kier alpha value is -4.72. The lowest BCUT2D eigenvalue weighted by atomic mass is 9.81. The van der Waals surface area contributed by atoms with Gasteiger partial charge in [0.05, 0.1) is 15.9 Å². The molecule has 1 aliphatic rings. The molecule has 0 atom stereocenters. The highest BCUT2D eigenvalue weighted by atomic mass is 16.6. The number of fused-ring (bicyclic) bond motifs is 2.